The molecule has 6 nitrogen and oxygen atoms in total. The highest BCUT2D eigenvalue weighted by molar-refractivity contribution is 7.99. The molecule has 0 unspecified atom stereocenters. The van der Waals surface area contributed by atoms with Crippen molar-refractivity contribution < 1.29 is 4.79 Å². The van der Waals surface area contributed by atoms with Gasteiger partial charge in [0.15, 0.2) is 11.0 Å². The van der Waals surface area contributed by atoms with E-state index in [4.69, 9.17) is 0 Å². The highest BCUT2D eigenvalue weighted by Crippen LogP contribution is 2.22. The summed E-state index contributed by atoms with van der Waals surface area (Å²) in [5.41, 5.74) is 3.24. The monoisotopic (exact) mass is 443 g/mol. The maximum Gasteiger partial charge on any atom is 0.233 e. The van der Waals surface area contributed by atoms with Gasteiger partial charge < -0.3 is 9.47 Å². The van der Waals surface area contributed by atoms with Crippen molar-refractivity contribution in [3.05, 3.63) is 96.3 Å². The molecular weight excluding hydrogens is 418 g/mol. The molecule has 162 valence electrons. The highest BCUT2D eigenvalue weighted by Gasteiger charge is 2.17. The first-order valence-corrected chi connectivity index (χ1v) is 11.5. The van der Waals surface area contributed by atoms with E-state index in [1.165, 1.54) is 17.3 Å². The molecule has 0 N–H and O–H groups in total. The van der Waals surface area contributed by atoms with E-state index >= 15 is 0 Å². The molecule has 0 fully saturated rings. The van der Waals surface area contributed by atoms with Crippen molar-refractivity contribution in [2.75, 3.05) is 12.3 Å². The van der Waals surface area contributed by atoms with Gasteiger partial charge in [0, 0.05) is 38.1 Å². The minimum atomic E-state index is 0.0840. The van der Waals surface area contributed by atoms with E-state index in [9.17, 15) is 4.79 Å². The summed E-state index contributed by atoms with van der Waals surface area (Å²) in [6, 6.07) is 24.2. The second-order valence-corrected chi connectivity index (χ2v) is 8.37. The van der Waals surface area contributed by atoms with Gasteiger partial charge in [-0.1, -0.05) is 72.4 Å². The Hall–Kier alpha value is -3.45. The molecule has 0 spiro atoms. The fraction of sp³-hybridized carbons (Fsp3) is 0.200. The molecular formula is C25H25N5OS. The van der Waals surface area contributed by atoms with E-state index in [2.05, 4.69) is 39.4 Å². The number of benzene rings is 2. The van der Waals surface area contributed by atoms with E-state index in [-0.39, 0.29) is 5.91 Å². The number of carbonyl (C=O) groups excluding carboxylic acids is 1. The fourth-order valence-electron chi connectivity index (χ4n) is 3.41. The first-order chi connectivity index (χ1) is 15.7. The Labute approximate surface area is 192 Å². The van der Waals surface area contributed by atoms with Crippen LogP contribution in [0.2, 0.25) is 0 Å². The number of aromatic nitrogens is 4. The minimum Gasteiger partial charge on any atom is -0.337 e. The Morgan fingerprint density at radius 3 is 2.34 bits per heavy atom. The van der Waals surface area contributed by atoms with Crippen molar-refractivity contribution in [1.82, 2.24) is 24.6 Å². The van der Waals surface area contributed by atoms with Gasteiger partial charge in [-0.15, -0.1) is 10.2 Å². The minimum absolute atomic E-state index is 0.0840. The summed E-state index contributed by atoms with van der Waals surface area (Å²) in [6.45, 7) is 1.25. The third-order valence-corrected chi connectivity index (χ3v) is 6.17. The average Bonchev–Trinajstić information content (AvgIpc) is 3.22. The van der Waals surface area contributed by atoms with Crippen LogP contribution < -0.4 is 0 Å². The third-order valence-electron chi connectivity index (χ3n) is 5.16. The number of rotatable bonds is 9. The average molecular weight is 444 g/mol. The zero-order valence-electron chi connectivity index (χ0n) is 18.0. The lowest BCUT2D eigenvalue weighted by Gasteiger charge is -2.23. The summed E-state index contributed by atoms with van der Waals surface area (Å²) in [7, 11) is 1.91. The van der Waals surface area contributed by atoms with Gasteiger partial charge in [0.05, 0.1) is 5.75 Å². The number of carbonyl (C=O) groups is 1. The summed E-state index contributed by atoms with van der Waals surface area (Å²) in [5, 5.41) is 9.27. The molecule has 0 aliphatic heterocycles. The molecule has 32 heavy (non-hydrogen) atoms. The van der Waals surface area contributed by atoms with Crippen molar-refractivity contribution in [3.8, 4) is 11.4 Å². The summed E-state index contributed by atoms with van der Waals surface area (Å²) < 4.78 is 1.90. The Balaban J connectivity index is 1.43. The van der Waals surface area contributed by atoms with Crippen LogP contribution in [0.5, 0.6) is 0 Å². The fourth-order valence-corrected chi connectivity index (χ4v) is 4.22. The number of amides is 1. The van der Waals surface area contributed by atoms with Crippen LogP contribution >= 0.6 is 11.8 Å². The van der Waals surface area contributed by atoms with Gasteiger partial charge in [0.2, 0.25) is 5.91 Å². The van der Waals surface area contributed by atoms with Gasteiger partial charge >= 0.3 is 0 Å². The predicted octanol–water partition coefficient (Wildman–Crippen LogP) is 4.24. The maximum absolute atomic E-state index is 13.2. The first-order valence-electron chi connectivity index (χ1n) is 10.5. The molecule has 4 rings (SSSR count). The van der Waals surface area contributed by atoms with Crippen molar-refractivity contribution in [2.24, 2.45) is 7.05 Å². The number of nitrogens with zero attached hydrogens (tertiary/aromatic N) is 5. The van der Waals surface area contributed by atoms with Crippen LogP contribution in [-0.4, -0.2) is 42.9 Å². The second kappa shape index (κ2) is 10.7. The van der Waals surface area contributed by atoms with Gasteiger partial charge in [-0.05, 0) is 29.7 Å². The van der Waals surface area contributed by atoms with E-state index in [1.54, 1.807) is 12.4 Å². The smallest absolute Gasteiger partial charge is 0.233 e. The first kappa shape index (κ1) is 21.8. The molecule has 2 aromatic heterocycles. The maximum atomic E-state index is 13.2. The topological polar surface area (TPSA) is 63.9 Å². The van der Waals surface area contributed by atoms with Gasteiger partial charge in [-0.3, -0.25) is 9.78 Å². The zero-order valence-corrected chi connectivity index (χ0v) is 18.8. The molecule has 2 aromatic carbocycles. The molecule has 0 saturated carbocycles. The van der Waals surface area contributed by atoms with Crippen molar-refractivity contribution >= 4 is 17.7 Å². The number of pyridine rings is 1. The standard InChI is InChI=1S/C25H25N5OS/c1-29-24(22-13-8-15-26-17-22)27-28-25(29)32-19-23(31)30(18-21-11-6-3-7-12-21)16-14-20-9-4-2-5-10-20/h2-13,15,17H,14,16,18-19H2,1H3. The van der Waals surface area contributed by atoms with Gasteiger partial charge in [-0.2, -0.15) is 0 Å². The van der Waals surface area contributed by atoms with Gasteiger partial charge in [-0.25, -0.2) is 0 Å². The normalized spacial score (nSPS) is 10.8. The molecule has 0 aliphatic carbocycles. The molecule has 0 atom stereocenters. The van der Waals surface area contributed by atoms with E-state index in [0.29, 0.717) is 24.0 Å². The van der Waals surface area contributed by atoms with E-state index in [1.807, 2.05) is 65.0 Å². The largest absolute Gasteiger partial charge is 0.337 e. The van der Waals surface area contributed by atoms with Crippen LogP contribution in [0.4, 0.5) is 0 Å². The SMILES string of the molecule is Cn1c(SCC(=O)N(CCc2ccccc2)Cc2ccccc2)nnc1-c1cccnc1. The lowest BCUT2D eigenvalue weighted by Crippen LogP contribution is -2.34. The molecule has 0 radical (unpaired) electrons. The van der Waals surface area contributed by atoms with Crippen LogP contribution in [0, 0.1) is 0 Å². The van der Waals surface area contributed by atoms with Crippen molar-refractivity contribution in [1.29, 1.82) is 0 Å². The molecule has 2 heterocycles. The second-order valence-electron chi connectivity index (χ2n) is 7.43. The Kier molecular flexibility index (Phi) is 7.30. The van der Waals surface area contributed by atoms with Crippen LogP contribution in [0.25, 0.3) is 11.4 Å². The molecule has 4 aromatic rings. The van der Waals surface area contributed by atoms with Crippen LogP contribution in [0.3, 0.4) is 0 Å². The Bertz CT molecular complexity index is 1130. The van der Waals surface area contributed by atoms with E-state index in [0.717, 1.165) is 23.4 Å². The lowest BCUT2D eigenvalue weighted by molar-refractivity contribution is -0.128. The summed E-state index contributed by atoms with van der Waals surface area (Å²) >= 11 is 1.41. The summed E-state index contributed by atoms with van der Waals surface area (Å²) in [5.74, 6) is 1.12. The number of thioether (sulfide) groups is 1. The summed E-state index contributed by atoms with van der Waals surface area (Å²) in [4.78, 5) is 19.2. The van der Waals surface area contributed by atoms with Crippen LogP contribution in [-0.2, 0) is 24.8 Å². The zero-order chi connectivity index (χ0) is 22.2. The Morgan fingerprint density at radius 1 is 0.938 bits per heavy atom. The molecule has 1 amide bonds. The molecule has 0 bridgehead atoms. The van der Waals surface area contributed by atoms with Crippen molar-refractivity contribution in [3.63, 3.8) is 0 Å². The van der Waals surface area contributed by atoms with Crippen LogP contribution in [0.15, 0.2) is 90.3 Å². The molecule has 0 saturated heterocycles. The number of hydrogen-bond donors (Lipinski definition) is 0. The highest BCUT2D eigenvalue weighted by atomic mass is 32.2. The number of hydrogen-bond acceptors (Lipinski definition) is 5. The molecule has 0 aliphatic rings. The van der Waals surface area contributed by atoms with Gasteiger partial charge in [0.1, 0.15) is 0 Å². The Morgan fingerprint density at radius 2 is 1.66 bits per heavy atom. The predicted molar refractivity (Wildman–Crippen MR) is 127 cm³/mol. The summed E-state index contributed by atoms with van der Waals surface area (Å²) in [6.07, 6.45) is 4.30. The quantitative estimate of drug-likeness (QED) is 0.362. The van der Waals surface area contributed by atoms with Gasteiger partial charge in [0.25, 0.3) is 0 Å². The van der Waals surface area contributed by atoms with Crippen molar-refractivity contribution in [2.45, 2.75) is 18.1 Å². The molecule has 7 heteroatoms. The van der Waals surface area contributed by atoms with Crippen LogP contribution in [0.1, 0.15) is 11.1 Å². The van der Waals surface area contributed by atoms with E-state index < -0.39 is 0 Å². The third kappa shape index (κ3) is 5.62. The lowest BCUT2D eigenvalue weighted by atomic mass is 10.1.